The summed E-state index contributed by atoms with van der Waals surface area (Å²) in [4.78, 5) is 12.0. The fourth-order valence-corrected chi connectivity index (χ4v) is 2.30. The zero-order valence-corrected chi connectivity index (χ0v) is 13.8. The molecule has 0 aromatic heterocycles. The number of amides is 1. The Kier molecular flexibility index (Phi) is 6.78. The Morgan fingerprint density at radius 1 is 1.21 bits per heavy atom. The van der Waals surface area contributed by atoms with Crippen molar-refractivity contribution in [1.29, 1.82) is 0 Å². The first-order valence-corrected chi connectivity index (χ1v) is 8.06. The molecule has 2 aromatic carbocycles. The zero-order chi connectivity index (χ0) is 17.4. The molecular formula is C19H24N2O3. The minimum Gasteiger partial charge on any atom is -0.473 e. The number of benzene rings is 2. The van der Waals surface area contributed by atoms with E-state index in [4.69, 9.17) is 10.5 Å². The van der Waals surface area contributed by atoms with Crippen LogP contribution in [0.15, 0.2) is 54.6 Å². The van der Waals surface area contributed by atoms with E-state index in [1.807, 2.05) is 43.3 Å². The van der Waals surface area contributed by atoms with Gasteiger partial charge in [-0.2, -0.15) is 0 Å². The van der Waals surface area contributed by atoms with Crippen LogP contribution in [0.3, 0.4) is 0 Å². The third-order valence-corrected chi connectivity index (χ3v) is 3.64. The molecule has 0 saturated carbocycles. The molecule has 128 valence electrons. The third-order valence-electron chi connectivity index (χ3n) is 3.64. The predicted octanol–water partition coefficient (Wildman–Crippen LogP) is 2.23. The molecule has 0 saturated heterocycles. The van der Waals surface area contributed by atoms with Gasteiger partial charge in [-0.25, -0.2) is 0 Å². The van der Waals surface area contributed by atoms with Crippen molar-refractivity contribution in [2.75, 3.05) is 6.54 Å². The second-order valence-corrected chi connectivity index (χ2v) is 5.73. The van der Waals surface area contributed by atoms with Crippen molar-refractivity contribution >= 4 is 5.91 Å². The first kappa shape index (κ1) is 18.0. The number of aryl methyl sites for hydroxylation is 1. The number of nitrogens with one attached hydrogen (secondary N) is 1. The molecule has 2 atom stereocenters. The largest absolute Gasteiger partial charge is 0.473 e. The van der Waals surface area contributed by atoms with Gasteiger partial charge in [-0.3, -0.25) is 10.5 Å². The summed E-state index contributed by atoms with van der Waals surface area (Å²) in [6.07, 6.45) is -0.520. The van der Waals surface area contributed by atoms with Crippen molar-refractivity contribution in [3.8, 4) is 5.75 Å². The van der Waals surface area contributed by atoms with E-state index in [9.17, 15) is 9.90 Å². The lowest BCUT2D eigenvalue weighted by Gasteiger charge is -2.20. The molecule has 0 aliphatic rings. The molecule has 4 N–H and O–H groups in total. The third kappa shape index (κ3) is 5.68. The fourth-order valence-electron chi connectivity index (χ4n) is 2.30. The van der Waals surface area contributed by atoms with Crippen LogP contribution in [-0.4, -0.2) is 29.9 Å². The number of para-hydroxylation sites is 1. The Bertz CT molecular complexity index is 646. The monoisotopic (exact) mass is 328 g/mol. The van der Waals surface area contributed by atoms with Crippen LogP contribution in [-0.2, 0) is 0 Å². The molecule has 0 bridgehead atoms. The van der Waals surface area contributed by atoms with Gasteiger partial charge >= 0.3 is 0 Å². The molecule has 2 rings (SSSR count). The minimum atomic E-state index is -0.792. The van der Waals surface area contributed by atoms with E-state index in [1.54, 1.807) is 18.2 Å². The van der Waals surface area contributed by atoms with Crippen molar-refractivity contribution in [1.82, 2.24) is 5.32 Å². The topological polar surface area (TPSA) is 84.6 Å². The van der Waals surface area contributed by atoms with E-state index in [0.717, 1.165) is 5.56 Å². The standard InChI is InChI=1S/C19H24N2O3/c1-14-7-5-8-15(13-14)19(23)21-12-6-11-17(22)18(20)24-16-9-3-2-4-10-16/h2-5,7-10,13,17-18,22H,6,11-12,20H2,1H3,(H,21,23). The summed E-state index contributed by atoms with van der Waals surface area (Å²) < 4.78 is 5.48. The van der Waals surface area contributed by atoms with Crippen molar-refractivity contribution < 1.29 is 14.6 Å². The van der Waals surface area contributed by atoms with Crippen LogP contribution >= 0.6 is 0 Å². The quantitative estimate of drug-likeness (QED) is 0.512. The van der Waals surface area contributed by atoms with Crippen LogP contribution in [0.25, 0.3) is 0 Å². The van der Waals surface area contributed by atoms with Crippen molar-refractivity contribution in [3.63, 3.8) is 0 Å². The molecule has 2 unspecified atom stereocenters. The van der Waals surface area contributed by atoms with Gasteiger partial charge in [0.15, 0.2) is 6.23 Å². The number of hydrogen-bond donors (Lipinski definition) is 3. The molecule has 1 amide bonds. The summed E-state index contributed by atoms with van der Waals surface area (Å²) in [5, 5.41) is 12.9. The summed E-state index contributed by atoms with van der Waals surface area (Å²) >= 11 is 0. The zero-order valence-electron chi connectivity index (χ0n) is 13.8. The van der Waals surface area contributed by atoms with E-state index in [-0.39, 0.29) is 5.91 Å². The highest BCUT2D eigenvalue weighted by Crippen LogP contribution is 2.12. The van der Waals surface area contributed by atoms with Gasteiger partial charge in [-0.15, -0.1) is 0 Å². The highest BCUT2D eigenvalue weighted by Gasteiger charge is 2.16. The number of aliphatic hydroxyl groups is 1. The molecule has 5 nitrogen and oxygen atoms in total. The normalized spacial score (nSPS) is 13.1. The second kappa shape index (κ2) is 9.05. The summed E-state index contributed by atoms with van der Waals surface area (Å²) in [5.74, 6) is 0.509. The maximum atomic E-state index is 12.0. The molecular weight excluding hydrogens is 304 g/mol. The Morgan fingerprint density at radius 3 is 2.67 bits per heavy atom. The molecule has 0 heterocycles. The molecule has 2 aromatic rings. The molecule has 0 aliphatic carbocycles. The van der Waals surface area contributed by atoms with E-state index in [0.29, 0.717) is 30.7 Å². The number of ether oxygens (including phenoxy) is 1. The maximum Gasteiger partial charge on any atom is 0.251 e. The molecule has 0 spiro atoms. The Hall–Kier alpha value is -2.37. The highest BCUT2D eigenvalue weighted by atomic mass is 16.5. The van der Waals surface area contributed by atoms with E-state index in [2.05, 4.69) is 5.32 Å². The lowest BCUT2D eigenvalue weighted by molar-refractivity contribution is 0.0334. The van der Waals surface area contributed by atoms with Crippen molar-refractivity contribution in [3.05, 3.63) is 65.7 Å². The molecule has 24 heavy (non-hydrogen) atoms. The van der Waals surface area contributed by atoms with Gasteiger partial charge in [-0.05, 0) is 44.0 Å². The number of carbonyl (C=O) groups excluding carboxylic acids is 1. The average Bonchev–Trinajstić information content (AvgIpc) is 2.59. The Balaban J connectivity index is 1.68. The van der Waals surface area contributed by atoms with Gasteiger partial charge in [-0.1, -0.05) is 35.9 Å². The van der Waals surface area contributed by atoms with Crippen LogP contribution in [0.1, 0.15) is 28.8 Å². The summed E-state index contributed by atoms with van der Waals surface area (Å²) in [6.45, 7) is 2.42. The van der Waals surface area contributed by atoms with Crippen molar-refractivity contribution in [2.45, 2.75) is 32.1 Å². The van der Waals surface area contributed by atoms with Crippen molar-refractivity contribution in [2.24, 2.45) is 5.73 Å². The van der Waals surface area contributed by atoms with Crippen LogP contribution in [0.2, 0.25) is 0 Å². The number of aliphatic hydroxyl groups excluding tert-OH is 1. The molecule has 0 aliphatic heterocycles. The summed E-state index contributed by atoms with van der Waals surface area (Å²) in [7, 11) is 0. The van der Waals surface area contributed by atoms with E-state index < -0.39 is 12.3 Å². The first-order chi connectivity index (χ1) is 11.6. The number of rotatable bonds is 8. The first-order valence-electron chi connectivity index (χ1n) is 8.06. The number of carbonyl (C=O) groups is 1. The van der Waals surface area contributed by atoms with E-state index >= 15 is 0 Å². The van der Waals surface area contributed by atoms with Gasteiger partial charge in [0.05, 0.1) is 0 Å². The number of nitrogens with two attached hydrogens (primary N) is 1. The predicted molar refractivity (Wildman–Crippen MR) is 93.8 cm³/mol. The minimum absolute atomic E-state index is 0.113. The summed E-state index contributed by atoms with van der Waals surface area (Å²) in [6, 6.07) is 16.6. The smallest absolute Gasteiger partial charge is 0.251 e. The summed E-state index contributed by atoms with van der Waals surface area (Å²) in [5.41, 5.74) is 7.52. The van der Waals surface area contributed by atoms with Gasteiger partial charge in [0.25, 0.3) is 5.91 Å². The maximum absolute atomic E-state index is 12.0. The molecule has 0 fully saturated rings. The Labute approximate surface area is 142 Å². The van der Waals surface area contributed by atoms with Gasteiger partial charge in [0.1, 0.15) is 11.9 Å². The lowest BCUT2D eigenvalue weighted by atomic mass is 10.1. The van der Waals surface area contributed by atoms with Crippen LogP contribution < -0.4 is 15.8 Å². The molecule has 0 radical (unpaired) electrons. The Morgan fingerprint density at radius 2 is 1.96 bits per heavy atom. The van der Waals surface area contributed by atoms with Crippen LogP contribution in [0.4, 0.5) is 0 Å². The van der Waals surface area contributed by atoms with Gasteiger partial charge in [0.2, 0.25) is 0 Å². The van der Waals surface area contributed by atoms with Gasteiger partial charge < -0.3 is 15.2 Å². The highest BCUT2D eigenvalue weighted by molar-refractivity contribution is 5.94. The lowest BCUT2D eigenvalue weighted by Crippen LogP contribution is -2.40. The average molecular weight is 328 g/mol. The molecule has 5 heteroatoms. The SMILES string of the molecule is Cc1cccc(C(=O)NCCCC(O)C(N)Oc2ccccc2)c1. The second-order valence-electron chi connectivity index (χ2n) is 5.73. The van der Waals surface area contributed by atoms with Gasteiger partial charge in [0, 0.05) is 12.1 Å². The number of hydrogen-bond acceptors (Lipinski definition) is 4. The van der Waals surface area contributed by atoms with E-state index in [1.165, 1.54) is 0 Å². The van der Waals surface area contributed by atoms with Crippen LogP contribution in [0, 0.1) is 6.92 Å². The fraction of sp³-hybridized carbons (Fsp3) is 0.316. The van der Waals surface area contributed by atoms with Crippen LogP contribution in [0.5, 0.6) is 5.75 Å².